The number of hydrogen-bond acceptors (Lipinski definition) is 7. The number of non-ortho nitro benzene ring substituents is 1. The molecule has 8 nitrogen and oxygen atoms in total. The normalized spacial score (nSPS) is 19.1. The fourth-order valence-electron chi connectivity index (χ4n) is 4.25. The van der Waals surface area contributed by atoms with Gasteiger partial charge in [0.05, 0.1) is 9.83 Å². The van der Waals surface area contributed by atoms with Crippen LogP contribution < -0.4 is 0 Å². The molecule has 178 valence electrons. The van der Waals surface area contributed by atoms with E-state index in [1.54, 1.807) is 53.6 Å². The first-order valence-corrected chi connectivity index (χ1v) is 12.5. The second kappa shape index (κ2) is 10.1. The maximum absolute atomic E-state index is 13.5. The summed E-state index contributed by atoms with van der Waals surface area (Å²) in [5, 5.41) is 11.8. The van der Waals surface area contributed by atoms with Gasteiger partial charge in [-0.3, -0.25) is 19.8 Å². The fourth-order valence-corrected chi connectivity index (χ4v) is 5.45. The van der Waals surface area contributed by atoms with Crippen LogP contribution in [-0.4, -0.2) is 31.9 Å². The van der Waals surface area contributed by atoms with Crippen molar-refractivity contribution in [1.29, 1.82) is 0 Å². The van der Waals surface area contributed by atoms with E-state index in [-0.39, 0.29) is 22.8 Å². The maximum atomic E-state index is 13.5. The molecule has 3 aromatic rings. The molecule has 0 radical (unpaired) electrons. The number of nitrogens with zero attached hydrogens (tertiary/aromatic N) is 4. The lowest BCUT2D eigenvalue weighted by Crippen LogP contribution is -2.40. The van der Waals surface area contributed by atoms with Crippen LogP contribution in [0.5, 0.6) is 0 Å². The Morgan fingerprint density at radius 2 is 1.91 bits per heavy atom. The number of thioether (sulfide) groups is 1. The van der Waals surface area contributed by atoms with Gasteiger partial charge in [-0.15, -0.1) is 0 Å². The highest BCUT2D eigenvalue weighted by atomic mass is 35.5. The molecule has 1 aromatic carbocycles. The number of pyridine rings is 1. The van der Waals surface area contributed by atoms with Gasteiger partial charge in [0, 0.05) is 36.0 Å². The minimum Gasteiger partial charge on any atom is -0.457 e. The van der Waals surface area contributed by atoms with E-state index in [1.807, 2.05) is 0 Å². The number of carbonyl (C=O) groups excluding carboxylic acids is 1. The lowest BCUT2D eigenvalue weighted by Gasteiger charge is -2.30. The molecule has 1 aliphatic heterocycles. The quantitative estimate of drug-likeness (QED) is 0.162. The molecular formula is C25H21ClN4O4S. The Labute approximate surface area is 210 Å². The van der Waals surface area contributed by atoms with Gasteiger partial charge in [-0.1, -0.05) is 30.9 Å². The van der Waals surface area contributed by atoms with Crippen molar-refractivity contribution in [2.24, 2.45) is 4.99 Å². The second-order valence-electron chi connectivity index (χ2n) is 8.29. The van der Waals surface area contributed by atoms with Crippen LogP contribution in [0.2, 0.25) is 5.15 Å². The summed E-state index contributed by atoms with van der Waals surface area (Å²) in [6, 6.07) is 13.3. The molecule has 1 saturated carbocycles. The zero-order valence-corrected chi connectivity index (χ0v) is 20.2. The van der Waals surface area contributed by atoms with Gasteiger partial charge in [0.1, 0.15) is 17.2 Å². The molecule has 1 aliphatic carbocycles. The average Bonchev–Trinajstić information content (AvgIpc) is 3.46. The Hall–Kier alpha value is -3.43. The van der Waals surface area contributed by atoms with Gasteiger partial charge in [0.2, 0.25) is 0 Å². The van der Waals surface area contributed by atoms with Crippen molar-refractivity contribution in [2.75, 3.05) is 0 Å². The molecule has 2 aliphatic rings. The summed E-state index contributed by atoms with van der Waals surface area (Å²) in [5.74, 6) is 0.967. The Morgan fingerprint density at radius 3 is 2.63 bits per heavy atom. The van der Waals surface area contributed by atoms with E-state index in [1.165, 1.54) is 30.3 Å². The zero-order chi connectivity index (χ0) is 24.4. The predicted molar refractivity (Wildman–Crippen MR) is 136 cm³/mol. The van der Waals surface area contributed by atoms with Crippen LogP contribution >= 0.6 is 23.4 Å². The number of rotatable bonds is 5. The Kier molecular flexibility index (Phi) is 6.70. The van der Waals surface area contributed by atoms with E-state index in [0.29, 0.717) is 32.8 Å². The first-order chi connectivity index (χ1) is 17.0. The molecular weight excluding hydrogens is 488 g/mol. The van der Waals surface area contributed by atoms with Gasteiger partial charge in [-0.25, -0.2) is 9.98 Å². The van der Waals surface area contributed by atoms with Crippen molar-refractivity contribution in [3.63, 3.8) is 0 Å². The first kappa shape index (κ1) is 23.3. The summed E-state index contributed by atoms with van der Waals surface area (Å²) in [7, 11) is 0. The van der Waals surface area contributed by atoms with Gasteiger partial charge in [-0.05, 0) is 61.0 Å². The van der Waals surface area contributed by atoms with Crippen molar-refractivity contribution >= 4 is 51.9 Å². The Morgan fingerprint density at radius 1 is 1.14 bits per heavy atom. The molecule has 0 bridgehead atoms. The summed E-state index contributed by atoms with van der Waals surface area (Å²) in [6.45, 7) is 0. The average molecular weight is 509 g/mol. The number of amides is 1. The molecule has 2 fully saturated rings. The number of aliphatic imine (C=N–C) groups is 1. The van der Waals surface area contributed by atoms with Crippen LogP contribution in [0.25, 0.3) is 17.4 Å². The first-order valence-electron chi connectivity index (χ1n) is 11.3. The van der Waals surface area contributed by atoms with Crippen molar-refractivity contribution in [3.05, 3.63) is 80.7 Å². The number of benzene rings is 1. The molecule has 0 unspecified atom stereocenters. The molecule has 0 N–H and O–H groups in total. The molecule has 0 atom stereocenters. The highest BCUT2D eigenvalue weighted by Crippen LogP contribution is 2.39. The largest absolute Gasteiger partial charge is 0.457 e. The number of nitro groups is 1. The van der Waals surface area contributed by atoms with Gasteiger partial charge >= 0.3 is 0 Å². The van der Waals surface area contributed by atoms with Crippen molar-refractivity contribution < 1.29 is 14.1 Å². The Balaban J connectivity index is 1.45. The number of aromatic nitrogens is 1. The van der Waals surface area contributed by atoms with Gasteiger partial charge < -0.3 is 4.42 Å². The van der Waals surface area contributed by atoms with Crippen LogP contribution in [0.15, 0.2) is 69.0 Å². The Bertz CT molecular complexity index is 1330. The third kappa shape index (κ3) is 5.01. The number of hydrogen-bond donors (Lipinski definition) is 0. The smallest absolute Gasteiger partial charge is 0.269 e. The molecule has 1 saturated heterocycles. The third-order valence-corrected chi connectivity index (χ3v) is 7.27. The molecule has 35 heavy (non-hydrogen) atoms. The summed E-state index contributed by atoms with van der Waals surface area (Å²) >= 11 is 7.52. The molecule has 10 heteroatoms. The number of nitro benzene ring substituents is 1. The molecule has 5 rings (SSSR count). The molecule has 1 amide bonds. The summed E-state index contributed by atoms with van der Waals surface area (Å²) in [6.07, 6.45) is 8.52. The van der Waals surface area contributed by atoms with E-state index in [0.717, 1.165) is 25.7 Å². The number of halogens is 1. The summed E-state index contributed by atoms with van der Waals surface area (Å²) in [5.41, 5.74) is 1.24. The van der Waals surface area contributed by atoms with Gasteiger partial charge in [0.15, 0.2) is 10.3 Å². The van der Waals surface area contributed by atoms with Crippen molar-refractivity contribution in [2.45, 2.75) is 38.1 Å². The lowest BCUT2D eigenvalue weighted by molar-refractivity contribution is -0.384. The monoisotopic (exact) mass is 508 g/mol. The standard InChI is InChI=1S/C25H21ClN4O4S/c26-23-20(7-4-14-27-23)28-25-29(17-5-2-1-3-6-17)24(31)22(35-25)15-19-12-13-21(34-19)16-8-10-18(11-9-16)30(32)33/h4,7-15,17H,1-3,5-6H2/b22-15+,28-25?. The zero-order valence-electron chi connectivity index (χ0n) is 18.6. The maximum Gasteiger partial charge on any atom is 0.269 e. The predicted octanol–water partition coefficient (Wildman–Crippen LogP) is 6.84. The van der Waals surface area contributed by atoms with Crippen molar-refractivity contribution in [1.82, 2.24) is 9.88 Å². The third-order valence-electron chi connectivity index (χ3n) is 6.00. The van der Waals surface area contributed by atoms with Gasteiger partial charge in [-0.2, -0.15) is 0 Å². The molecule has 3 heterocycles. The number of carbonyl (C=O) groups is 1. The molecule has 2 aromatic heterocycles. The minimum atomic E-state index is -0.444. The summed E-state index contributed by atoms with van der Waals surface area (Å²) < 4.78 is 5.93. The number of furan rings is 1. The van der Waals surface area contributed by atoms with E-state index in [4.69, 9.17) is 21.0 Å². The van der Waals surface area contributed by atoms with E-state index in [2.05, 4.69) is 4.98 Å². The van der Waals surface area contributed by atoms with E-state index >= 15 is 0 Å². The highest BCUT2D eigenvalue weighted by Gasteiger charge is 2.39. The highest BCUT2D eigenvalue weighted by molar-refractivity contribution is 8.18. The minimum absolute atomic E-state index is 0.0129. The van der Waals surface area contributed by atoms with Crippen LogP contribution in [0.4, 0.5) is 11.4 Å². The number of amidine groups is 1. The van der Waals surface area contributed by atoms with Crippen LogP contribution in [0.3, 0.4) is 0 Å². The molecule has 0 spiro atoms. The van der Waals surface area contributed by atoms with Crippen molar-refractivity contribution in [3.8, 4) is 11.3 Å². The lowest BCUT2D eigenvalue weighted by atomic mass is 9.94. The fraction of sp³-hybridized carbons (Fsp3) is 0.240. The van der Waals surface area contributed by atoms with E-state index in [9.17, 15) is 14.9 Å². The SMILES string of the molecule is O=C1/C(=C\c2ccc(-c3ccc([N+](=O)[O-])cc3)o2)SC(=Nc2cccnc2Cl)N1C1CCCCC1. The summed E-state index contributed by atoms with van der Waals surface area (Å²) in [4.78, 5) is 35.0. The van der Waals surface area contributed by atoms with Crippen LogP contribution in [-0.2, 0) is 4.79 Å². The topological polar surface area (TPSA) is 102 Å². The second-order valence-corrected chi connectivity index (χ2v) is 9.66. The van der Waals surface area contributed by atoms with Crippen LogP contribution in [0, 0.1) is 10.1 Å². The van der Waals surface area contributed by atoms with Gasteiger partial charge in [0.25, 0.3) is 11.6 Å². The van der Waals surface area contributed by atoms with Crippen LogP contribution in [0.1, 0.15) is 37.9 Å². The van der Waals surface area contributed by atoms with E-state index < -0.39 is 4.92 Å².